The van der Waals surface area contributed by atoms with Gasteiger partial charge in [-0.15, -0.1) is 0 Å². The highest BCUT2D eigenvalue weighted by atomic mass is 16.1. The van der Waals surface area contributed by atoms with E-state index in [1.807, 2.05) is 24.3 Å². The molecular formula is C20H22N2O. The Hall–Kier alpha value is -2.55. The quantitative estimate of drug-likeness (QED) is 0.707. The Bertz CT molecular complexity index is 804. The van der Waals surface area contributed by atoms with E-state index in [1.54, 1.807) is 0 Å². The van der Waals surface area contributed by atoms with Crippen molar-refractivity contribution < 1.29 is 4.79 Å². The van der Waals surface area contributed by atoms with Gasteiger partial charge in [-0.3, -0.25) is 4.79 Å². The Morgan fingerprint density at radius 2 is 2.00 bits per heavy atom. The standard InChI is InChI=1S/C20H22N2O/c1-15-6-4-7-16(12-15)13-22-20(23)11-5-8-17-14-21-19-10-3-2-9-18(17)19/h2-4,6-7,9-10,12,14,21H,5,8,11,13H2,1H3,(H,22,23). The van der Waals surface area contributed by atoms with Crippen molar-refractivity contribution >= 4 is 16.8 Å². The second-order valence-corrected chi connectivity index (χ2v) is 5.98. The monoisotopic (exact) mass is 306 g/mol. The smallest absolute Gasteiger partial charge is 0.220 e. The Morgan fingerprint density at radius 1 is 1.13 bits per heavy atom. The first-order valence-electron chi connectivity index (χ1n) is 8.09. The van der Waals surface area contributed by atoms with E-state index in [9.17, 15) is 4.79 Å². The molecule has 2 aromatic carbocycles. The number of carbonyl (C=O) groups is 1. The molecule has 2 N–H and O–H groups in total. The van der Waals surface area contributed by atoms with Crippen molar-refractivity contribution in [3.05, 3.63) is 71.4 Å². The summed E-state index contributed by atoms with van der Waals surface area (Å²) >= 11 is 0. The summed E-state index contributed by atoms with van der Waals surface area (Å²) in [6, 6.07) is 16.5. The highest BCUT2D eigenvalue weighted by molar-refractivity contribution is 5.83. The lowest BCUT2D eigenvalue weighted by Gasteiger charge is -2.06. The van der Waals surface area contributed by atoms with Gasteiger partial charge in [-0.2, -0.15) is 0 Å². The largest absolute Gasteiger partial charge is 0.361 e. The number of aromatic nitrogens is 1. The van der Waals surface area contributed by atoms with Crippen molar-refractivity contribution in [1.29, 1.82) is 0 Å². The minimum atomic E-state index is 0.117. The first-order valence-corrected chi connectivity index (χ1v) is 8.09. The third-order valence-corrected chi connectivity index (χ3v) is 4.10. The normalized spacial score (nSPS) is 10.8. The van der Waals surface area contributed by atoms with Crippen LogP contribution in [0.4, 0.5) is 0 Å². The molecule has 0 bridgehead atoms. The topological polar surface area (TPSA) is 44.9 Å². The van der Waals surface area contributed by atoms with Crippen molar-refractivity contribution in [2.24, 2.45) is 0 Å². The zero-order valence-corrected chi connectivity index (χ0v) is 13.4. The van der Waals surface area contributed by atoms with Gasteiger partial charge in [0.05, 0.1) is 0 Å². The first-order chi connectivity index (χ1) is 11.2. The van der Waals surface area contributed by atoms with Crippen LogP contribution in [0.3, 0.4) is 0 Å². The summed E-state index contributed by atoms with van der Waals surface area (Å²) in [6.45, 7) is 2.67. The van der Waals surface area contributed by atoms with E-state index in [-0.39, 0.29) is 5.91 Å². The van der Waals surface area contributed by atoms with E-state index in [0.717, 1.165) is 23.9 Å². The zero-order valence-electron chi connectivity index (χ0n) is 13.4. The second kappa shape index (κ2) is 7.14. The maximum atomic E-state index is 12.0. The molecular weight excluding hydrogens is 284 g/mol. The number of rotatable bonds is 6. The average molecular weight is 306 g/mol. The number of aryl methyl sites for hydroxylation is 2. The number of para-hydroxylation sites is 1. The summed E-state index contributed by atoms with van der Waals surface area (Å²) in [5, 5.41) is 4.25. The molecule has 0 saturated heterocycles. The van der Waals surface area contributed by atoms with Crippen LogP contribution in [0.25, 0.3) is 10.9 Å². The molecule has 1 heterocycles. The van der Waals surface area contributed by atoms with Gasteiger partial charge in [-0.1, -0.05) is 48.0 Å². The fourth-order valence-corrected chi connectivity index (χ4v) is 2.89. The second-order valence-electron chi connectivity index (χ2n) is 5.98. The third kappa shape index (κ3) is 4.01. The number of hydrogen-bond acceptors (Lipinski definition) is 1. The SMILES string of the molecule is Cc1cccc(CNC(=O)CCCc2c[nH]c3ccccc23)c1. The highest BCUT2D eigenvalue weighted by Gasteiger charge is 2.05. The molecule has 0 fully saturated rings. The van der Waals surface area contributed by atoms with Gasteiger partial charge in [-0.25, -0.2) is 0 Å². The highest BCUT2D eigenvalue weighted by Crippen LogP contribution is 2.19. The van der Waals surface area contributed by atoms with Gasteiger partial charge in [0, 0.05) is 30.1 Å². The number of hydrogen-bond donors (Lipinski definition) is 2. The number of nitrogens with one attached hydrogen (secondary N) is 2. The van der Waals surface area contributed by atoms with E-state index < -0.39 is 0 Å². The van der Waals surface area contributed by atoms with Crippen molar-refractivity contribution in [3.63, 3.8) is 0 Å². The van der Waals surface area contributed by atoms with Crippen LogP contribution in [-0.4, -0.2) is 10.9 Å². The third-order valence-electron chi connectivity index (χ3n) is 4.10. The number of benzene rings is 2. The van der Waals surface area contributed by atoms with E-state index in [1.165, 1.54) is 16.5 Å². The molecule has 1 aromatic heterocycles. The van der Waals surface area contributed by atoms with E-state index in [2.05, 4.69) is 47.7 Å². The summed E-state index contributed by atoms with van der Waals surface area (Å²) in [4.78, 5) is 15.3. The predicted molar refractivity (Wildman–Crippen MR) is 94.3 cm³/mol. The molecule has 0 radical (unpaired) electrons. The minimum absolute atomic E-state index is 0.117. The molecule has 3 aromatic rings. The maximum Gasteiger partial charge on any atom is 0.220 e. The number of amides is 1. The van der Waals surface area contributed by atoms with Crippen LogP contribution in [0.2, 0.25) is 0 Å². The summed E-state index contributed by atoms with van der Waals surface area (Å²) < 4.78 is 0. The molecule has 0 saturated carbocycles. The average Bonchev–Trinajstić information content (AvgIpc) is 2.97. The van der Waals surface area contributed by atoms with Gasteiger partial charge in [0.15, 0.2) is 0 Å². The van der Waals surface area contributed by atoms with Gasteiger partial charge < -0.3 is 10.3 Å². The Morgan fingerprint density at radius 3 is 2.87 bits per heavy atom. The molecule has 0 aliphatic carbocycles. The zero-order chi connectivity index (χ0) is 16.1. The number of carbonyl (C=O) groups excluding carboxylic acids is 1. The van der Waals surface area contributed by atoms with Crippen LogP contribution in [0, 0.1) is 6.92 Å². The van der Waals surface area contributed by atoms with E-state index in [0.29, 0.717) is 13.0 Å². The van der Waals surface area contributed by atoms with Crippen LogP contribution >= 0.6 is 0 Å². The lowest BCUT2D eigenvalue weighted by molar-refractivity contribution is -0.121. The van der Waals surface area contributed by atoms with Crippen LogP contribution < -0.4 is 5.32 Å². The van der Waals surface area contributed by atoms with Gasteiger partial charge >= 0.3 is 0 Å². The van der Waals surface area contributed by atoms with Crippen LogP contribution in [0.1, 0.15) is 29.5 Å². The Kier molecular flexibility index (Phi) is 4.77. The van der Waals surface area contributed by atoms with Crippen LogP contribution in [0.15, 0.2) is 54.7 Å². The fraction of sp³-hybridized carbons (Fsp3) is 0.250. The van der Waals surface area contributed by atoms with Gasteiger partial charge in [0.25, 0.3) is 0 Å². The lowest BCUT2D eigenvalue weighted by atomic mass is 10.1. The van der Waals surface area contributed by atoms with Crippen molar-refractivity contribution in [2.75, 3.05) is 0 Å². The molecule has 0 aliphatic rings. The molecule has 23 heavy (non-hydrogen) atoms. The molecule has 3 heteroatoms. The summed E-state index contributed by atoms with van der Waals surface area (Å²) in [7, 11) is 0. The predicted octanol–water partition coefficient (Wildman–Crippen LogP) is 4.12. The fourth-order valence-electron chi connectivity index (χ4n) is 2.89. The number of fused-ring (bicyclic) bond motifs is 1. The molecule has 0 unspecified atom stereocenters. The van der Waals surface area contributed by atoms with Crippen molar-refractivity contribution in [1.82, 2.24) is 10.3 Å². The van der Waals surface area contributed by atoms with Crippen molar-refractivity contribution in [3.8, 4) is 0 Å². The number of H-pyrrole nitrogens is 1. The molecule has 0 aliphatic heterocycles. The summed E-state index contributed by atoms with van der Waals surface area (Å²) in [5.41, 5.74) is 4.81. The molecule has 3 rings (SSSR count). The molecule has 1 amide bonds. The van der Waals surface area contributed by atoms with Crippen LogP contribution in [0.5, 0.6) is 0 Å². The first kappa shape index (κ1) is 15.3. The van der Waals surface area contributed by atoms with E-state index >= 15 is 0 Å². The Balaban J connectivity index is 1.46. The summed E-state index contributed by atoms with van der Waals surface area (Å²) in [6.07, 6.45) is 4.39. The molecule has 3 nitrogen and oxygen atoms in total. The number of aromatic amines is 1. The lowest BCUT2D eigenvalue weighted by Crippen LogP contribution is -2.22. The minimum Gasteiger partial charge on any atom is -0.361 e. The maximum absolute atomic E-state index is 12.0. The Labute approximate surface area is 136 Å². The van der Waals surface area contributed by atoms with Crippen LogP contribution in [-0.2, 0) is 17.8 Å². The van der Waals surface area contributed by atoms with Gasteiger partial charge in [0.1, 0.15) is 0 Å². The van der Waals surface area contributed by atoms with Gasteiger partial charge in [-0.05, 0) is 37.0 Å². The molecule has 0 spiro atoms. The summed E-state index contributed by atoms with van der Waals surface area (Å²) in [5.74, 6) is 0.117. The van der Waals surface area contributed by atoms with E-state index in [4.69, 9.17) is 0 Å². The van der Waals surface area contributed by atoms with Crippen molar-refractivity contribution in [2.45, 2.75) is 32.7 Å². The molecule has 0 atom stereocenters. The van der Waals surface area contributed by atoms with Gasteiger partial charge in [0.2, 0.25) is 5.91 Å². The molecule has 118 valence electrons.